The first kappa shape index (κ1) is 18.6. The third kappa shape index (κ3) is 3.10. The van der Waals surface area contributed by atoms with Gasteiger partial charge in [-0.3, -0.25) is 14.5 Å². The summed E-state index contributed by atoms with van der Waals surface area (Å²) in [6.45, 7) is 0. The Morgan fingerprint density at radius 1 is 1.00 bits per heavy atom. The molecule has 29 heavy (non-hydrogen) atoms. The molecular weight excluding hydrogens is 372 g/mol. The van der Waals surface area contributed by atoms with Gasteiger partial charge < -0.3 is 19.2 Å². The van der Waals surface area contributed by atoms with E-state index in [1.54, 1.807) is 74.9 Å². The monoisotopic (exact) mass is 392 g/mol. The van der Waals surface area contributed by atoms with E-state index in [-0.39, 0.29) is 18.2 Å². The predicted molar refractivity (Wildman–Crippen MR) is 107 cm³/mol. The van der Waals surface area contributed by atoms with Crippen LogP contribution in [0.15, 0.2) is 71.3 Å². The van der Waals surface area contributed by atoms with Gasteiger partial charge >= 0.3 is 0 Å². The molecule has 1 aliphatic rings. The number of benzene rings is 2. The topological polar surface area (TPSA) is 81.0 Å². The molecule has 0 spiro atoms. The number of ether oxygens (including phenoxy) is 2. The number of amides is 2. The number of nitrogens with one attached hydrogen (secondary N) is 1. The maximum absolute atomic E-state index is 13.4. The van der Waals surface area contributed by atoms with Crippen molar-refractivity contribution in [1.29, 1.82) is 0 Å². The van der Waals surface area contributed by atoms with Gasteiger partial charge in [0.2, 0.25) is 5.91 Å². The molecule has 1 aromatic heterocycles. The third-order valence-electron chi connectivity index (χ3n) is 5.02. The minimum atomic E-state index is -1.27. The Balaban J connectivity index is 1.70. The lowest BCUT2D eigenvalue weighted by atomic mass is 9.79. The fraction of sp³-hybridized carbons (Fsp3) is 0.182. The first-order valence-electron chi connectivity index (χ1n) is 9.05. The van der Waals surface area contributed by atoms with E-state index in [0.29, 0.717) is 28.6 Å². The first-order chi connectivity index (χ1) is 14.1. The minimum absolute atomic E-state index is 0.00846. The number of carbonyl (C=O) groups is 2. The molecule has 7 heteroatoms. The summed E-state index contributed by atoms with van der Waals surface area (Å²) in [5.74, 6) is 1.22. The summed E-state index contributed by atoms with van der Waals surface area (Å²) in [7, 11) is 3.14. The zero-order valence-electron chi connectivity index (χ0n) is 16.0. The van der Waals surface area contributed by atoms with Crippen LogP contribution in [0.5, 0.6) is 11.5 Å². The van der Waals surface area contributed by atoms with Crippen LogP contribution in [0.25, 0.3) is 0 Å². The van der Waals surface area contributed by atoms with Crippen molar-refractivity contribution in [2.45, 2.75) is 12.0 Å². The molecule has 2 aromatic carbocycles. The average Bonchev–Trinajstić information content (AvgIpc) is 3.27. The number of anilines is 2. The predicted octanol–water partition coefficient (Wildman–Crippen LogP) is 3.57. The number of β-lactam (4-membered cyclic amide) rings is 1. The maximum Gasteiger partial charge on any atom is 0.259 e. The van der Waals surface area contributed by atoms with Crippen molar-refractivity contribution in [3.63, 3.8) is 0 Å². The average molecular weight is 392 g/mol. The van der Waals surface area contributed by atoms with Gasteiger partial charge in [-0.15, -0.1) is 0 Å². The molecule has 0 bridgehead atoms. The van der Waals surface area contributed by atoms with Crippen LogP contribution >= 0.6 is 0 Å². The van der Waals surface area contributed by atoms with Crippen molar-refractivity contribution >= 4 is 23.2 Å². The Bertz CT molecular complexity index is 1010. The van der Waals surface area contributed by atoms with Crippen LogP contribution in [0, 0.1) is 0 Å². The summed E-state index contributed by atoms with van der Waals surface area (Å²) < 4.78 is 15.9. The Morgan fingerprint density at radius 2 is 1.62 bits per heavy atom. The zero-order chi connectivity index (χ0) is 20.4. The quantitative estimate of drug-likeness (QED) is 0.649. The van der Waals surface area contributed by atoms with Crippen LogP contribution in [0.1, 0.15) is 12.2 Å². The van der Waals surface area contributed by atoms with Crippen molar-refractivity contribution < 1.29 is 23.5 Å². The summed E-state index contributed by atoms with van der Waals surface area (Å²) in [6.07, 6.45) is 1.50. The molecule has 1 aliphatic heterocycles. The SMILES string of the molecule is COc1ccc(NC(=O)C2(c3ccco3)CC(=O)N2c2ccc(OC)cc2)cc1. The Morgan fingerprint density at radius 3 is 2.14 bits per heavy atom. The highest BCUT2D eigenvalue weighted by Gasteiger charge is 2.60. The molecule has 1 saturated heterocycles. The summed E-state index contributed by atoms with van der Waals surface area (Å²) in [4.78, 5) is 27.5. The number of methoxy groups -OCH3 is 2. The molecule has 1 N–H and O–H groups in total. The smallest absolute Gasteiger partial charge is 0.259 e. The lowest BCUT2D eigenvalue weighted by Crippen LogP contribution is -2.67. The van der Waals surface area contributed by atoms with Crippen LogP contribution in [0.3, 0.4) is 0 Å². The van der Waals surface area contributed by atoms with Gasteiger partial charge in [0.15, 0.2) is 5.54 Å². The fourth-order valence-electron chi connectivity index (χ4n) is 3.51. The van der Waals surface area contributed by atoms with Crippen LogP contribution in [-0.2, 0) is 15.1 Å². The van der Waals surface area contributed by atoms with Gasteiger partial charge in [0.1, 0.15) is 17.3 Å². The number of rotatable bonds is 6. The first-order valence-corrected chi connectivity index (χ1v) is 9.05. The van der Waals surface area contributed by atoms with E-state index in [2.05, 4.69) is 5.32 Å². The molecule has 1 unspecified atom stereocenters. The van der Waals surface area contributed by atoms with Gasteiger partial charge in [-0.05, 0) is 60.7 Å². The number of hydrogen-bond acceptors (Lipinski definition) is 5. The second kappa shape index (κ2) is 7.35. The highest BCUT2D eigenvalue weighted by Crippen LogP contribution is 2.46. The van der Waals surface area contributed by atoms with Gasteiger partial charge in [-0.1, -0.05) is 0 Å². The summed E-state index contributed by atoms with van der Waals surface area (Å²) in [6, 6.07) is 17.4. The van der Waals surface area contributed by atoms with Crippen molar-refractivity contribution in [3.05, 3.63) is 72.7 Å². The van der Waals surface area contributed by atoms with Gasteiger partial charge in [-0.2, -0.15) is 0 Å². The molecule has 0 aliphatic carbocycles. The van der Waals surface area contributed by atoms with Crippen molar-refractivity contribution in [2.75, 3.05) is 24.4 Å². The molecule has 148 valence electrons. The second-order valence-electron chi connectivity index (χ2n) is 6.62. The number of hydrogen-bond donors (Lipinski definition) is 1. The van der Waals surface area contributed by atoms with Gasteiger partial charge in [0, 0.05) is 11.4 Å². The molecule has 2 heterocycles. The zero-order valence-corrected chi connectivity index (χ0v) is 16.0. The van der Waals surface area contributed by atoms with Crippen molar-refractivity contribution in [2.24, 2.45) is 0 Å². The van der Waals surface area contributed by atoms with Gasteiger partial charge in [-0.25, -0.2) is 0 Å². The highest BCUT2D eigenvalue weighted by molar-refractivity contribution is 6.16. The van der Waals surface area contributed by atoms with E-state index < -0.39 is 5.54 Å². The molecule has 2 amide bonds. The van der Waals surface area contributed by atoms with Crippen LogP contribution in [-0.4, -0.2) is 26.0 Å². The molecule has 1 fully saturated rings. The van der Waals surface area contributed by atoms with Gasteiger partial charge in [0.05, 0.1) is 26.9 Å². The van der Waals surface area contributed by atoms with Crippen LogP contribution in [0.4, 0.5) is 11.4 Å². The Labute approximate surface area is 167 Å². The summed E-state index contributed by atoms with van der Waals surface area (Å²) >= 11 is 0. The largest absolute Gasteiger partial charge is 0.497 e. The molecule has 7 nitrogen and oxygen atoms in total. The number of nitrogens with zero attached hydrogens (tertiary/aromatic N) is 1. The summed E-state index contributed by atoms with van der Waals surface area (Å²) in [5.41, 5.74) is -0.0890. The van der Waals surface area contributed by atoms with Crippen LogP contribution < -0.4 is 19.7 Å². The lowest BCUT2D eigenvalue weighted by molar-refractivity contribution is -0.138. The van der Waals surface area contributed by atoms with E-state index in [9.17, 15) is 9.59 Å². The molecule has 3 aromatic rings. The second-order valence-corrected chi connectivity index (χ2v) is 6.62. The standard InChI is InChI=1S/C22H20N2O5/c1-27-17-9-5-15(6-10-17)23-21(26)22(19-4-3-13-29-19)14-20(25)24(22)16-7-11-18(28-2)12-8-16/h3-13H,14H2,1-2H3,(H,23,26). The molecule has 4 rings (SSSR count). The van der Waals surface area contributed by atoms with E-state index in [1.165, 1.54) is 11.2 Å². The highest BCUT2D eigenvalue weighted by atomic mass is 16.5. The third-order valence-corrected chi connectivity index (χ3v) is 5.02. The van der Waals surface area contributed by atoms with E-state index >= 15 is 0 Å². The number of furan rings is 1. The lowest BCUT2D eigenvalue weighted by Gasteiger charge is -2.48. The normalized spacial score (nSPS) is 18.1. The van der Waals surface area contributed by atoms with Gasteiger partial charge in [0.25, 0.3) is 5.91 Å². The molecule has 0 saturated carbocycles. The summed E-state index contributed by atoms with van der Waals surface area (Å²) in [5, 5.41) is 2.89. The fourth-order valence-corrected chi connectivity index (χ4v) is 3.51. The maximum atomic E-state index is 13.4. The Hall–Kier alpha value is -3.74. The van der Waals surface area contributed by atoms with Crippen molar-refractivity contribution in [1.82, 2.24) is 0 Å². The molecular formula is C22H20N2O5. The van der Waals surface area contributed by atoms with Crippen molar-refractivity contribution in [3.8, 4) is 11.5 Å². The van der Waals surface area contributed by atoms with E-state index in [4.69, 9.17) is 13.9 Å². The minimum Gasteiger partial charge on any atom is -0.497 e. The molecule has 1 atom stereocenters. The van der Waals surface area contributed by atoms with E-state index in [1.807, 2.05) is 0 Å². The molecule has 0 radical (unpaired) electrons. The number of carbonyl (C=O) groups excluding carboxylic acids is 2. The van der Waals surface area contributed by atoms with Crippen LogP contribution in [0.2, 0.25) is 0 Å². The Kier molecular flexibility index (Phi) is 4.72. The van der Waals surface area contributed by atoms with E-state index in [0.717, 1.165) is 0 Å².